The number of hydroxylamine groups is 1. The van der Waals surface area contributed by atoms with E-state index in [9.17, 15) is 18.0 Å². The van der Waals surface area contributed by atoms with E-state index in [1.54, 1.807) is 17.6 Å². The van der Waals surface area contributed by atoms with Crippen molar-refractivity contribution in [1.29, 1.82) is 0 Å². The van der Waals surface area contributed by atoms with E-state index in [0.717, 1.165) is 11.1 Å². The van der Waals surface area contributed by atoms with Crippen LogP contribution < -0.4 is 10.2 Å². The monoisotopic (exact) mass is 277 g/mol. The minimum Gasteiger partial charge on any atom is -0.484 e. The van der Waals surface area contributed by atoms with Crippen LogP contribution >= 0.6 is 0 Å². The highest BCUT2D eigenvalue weighted by Crippen LogP contribution is 2.16. The number of aryl methyl sites for hydroxylation is 2. The van der Waals surface area contributed by atoms with Crippen LogP contribution in [0.25, 0.3) is 0 Å². The zero-order valence-corrected chi connectivity index (χ0v) is 10.5. The Bertz CT molecular complexity index is 426. The number of alkyl halides is 3. The van der Waals surface area contributed by atoms with Gasteiger partial charge in [0.25, 0.3) is 5.91 Å². The summed E-state index contributed by atoms with van der Waals surface area (Å²) in [4.78, 5) is 15.1. The van der Waals surface area contributed by atoms with Gasteiger partial charge in [-0.2, -0.15) is 13.2 Å². The van der Waals surface area contributed by atoms with Crippen molar-refractivity contribution in [2.24, 2.45) is 0 Å². The van der Waals surface area contributed by atoms with E-state index in [1.807, 2.05) is 19.9 Å². The van der Waals surface area contributed by atoms with E-state index in [2.05, 4.69) is 4.84 Å². The van der Waals surface area contributed by atoms with Crippen molar-refractivity contribution in [3.05, 3.63) is 29.3 Å². The lowest BCUT2D eigenvalue weighted by Gasteiger charge is -2.10. The predicted octanol–water partition coefficient (Wildman–Crippen LogP) is 2.29. The molecule has 1 N–H and O–H groups in total. The fraction of sp³-hybridized carbons (Fsp3) is 0.417. The fourth-order valence-electron chi connectivity index (χ4n) is 1.39. The van der Waals surface area contributed by atoms with Gasteiger partial charge in [0, 0.05) is 0 Å². The van der Waals surface area contributed by atoms with Crippen LogP contribution in [0.3, 0.4) is 0 Å². The molecule has 0 heterocycles. The molecule has 7 heteroatoms. The van der Waals surface area contributed by atoms with E-state index < -0.39 is 25.3 Å². The largest absolute Gasteiger partial charge is 0.484 e. The minimum atomic E-state index is -4.48. The van der Waals surface area contributed by atoms with E-state index in [-0.39, 0.29) is 0 Å². The number of nitrogens with one attached hydrogen (secondary N) is 1. The lowest BCUT2D eigenvalue weighted by atomic mass is 10.1. The molecule has 0 aromatic heterocycles. The maximum absolute atomic E-state index is 11.7. The summed E-state index contributed by atoms with van der Waals surface area (Å²) < 4.78 is 40.4. The topological polar surface area (TPSA) is 47.6 Å². The van der Waals surface area contributed by atoms with Crippen LogP contribution in [-0.4, -0.2) is 25.3 Å². The van der Waals surface area contributed by atoms with Crippen molar-refractivity contribution in [1.82, 2.24) is 5.48 Å². The molecule has 0 aliphatic heterocycles. The Morgan fingerprint density at radius 3 is 2.32 bits per heavy atom. The van der Waals surface area contributed by atoms with Gasteiger partial charge in [-0.15, -0.1) is 0 Å². The lowest BCUT2D eigenvalue weighted by molar-refractivity contribution is -0.192. The van der Waals surface area contributed by atoms with Gasteiger partial charge in [-0.05, 0) is 37.1 Å². The van der Waals surface area contributed by atoms with Crippen LogP contribution in [0.2, 0.25) is 0 Å². The third kappa shape index (κ3) is 6.66. The number of benzene rings is 1. The number of carbonyl (C=O) groups is 1. The van der Waals surface area contributed by atoms with Gasteiger partial charge in [0.15, 0.2) is 13.2 Å². The highest BCUT2D eigenvalue weighted by atomic mass is 19.4. The summed E-state index contributed by atoms with van der Waals surface area (Å²) in [5.74, 6) is -0.313. The first-order valence-corrected chi connectivity index (χ1v) is 5.45. The van der Waals surface area contributed by atoms with Crippen LogP contribution in [0.15, 0.2) is 18.2 Å². The standard InChI is InChI=1S/C12H14F3NO3/c1-8-3-9(2)5-10(4-8)18-6-11(17)16-19-7-12(13,14)15/h3-5H,6-7H2,1-2H3,(H,16,17). The summed E-state index contributed by atoms with van der Waals surface area (Å²) >= 11 is 0. The fourth-order valence-corrected chi connectivity index (χ4v) is 1.39. The maximum atomic E-state index is 11.7. The SMILES string of the molecule is Cc1cc(C)cc(OCC(=O)NOCC(F)(F)F)c1. The van der Waals surface area contributed by atoms with Gasteiger partial charge in [-0.25, -0.2) is 5.48 Å². The molecule has 0 fully saturated rings. The zero-order chi connectivity index (χ0) is 14.5. The van der Waals surface area contributed by atoms with Crippen molar-refractivity contribution >= 4 is 5.91 Å². The van der Waals surface area contributed by atoms with Crippen molar-refractivity contribution in [2.75, 3.05) is 13.2 Å². The summed E-state index contributed by atoms with van der Waals surface area (Å²) in [5.41, 5.74) is 3.58. The van der Waals surface area contributed by atoms with Gasteiger partial charge in [-0.1, -0.05) is 6.07 Å². The van der Waals surface area contributed by atoms with Crippen LogP contribution in [0.4, 0.5) is 13.2 Å². The first-order valence-electron chi connectivity index (χ1n) is 5.45. The third-order valence-corrected chi connectivity index (χ3v) is 1.99. The molecule has 1 rings (SSSR count). The molecular weight excluding hydrogens is 263 g/mol. The number of halogens is 3. The minimum absolute atomic E-state index is 0.416. The molecule has 0 aliphatic carbocycles. The van der Waals surface area contributed by atoms with E-state index >= 15 is 0 Å². The van der Waals surface area contributed by atoms with Crippen molar-refractivity contribution in [2.45, 2.75) is 20.0 Å². The molecule has 0 saturated heterocycles. The number of hydrogen-bond donors (Lipinski definition) is 1. The Morgan fingerprint density at radius 1 is 1.21 bits per heavy atom. The summed E-state index contributed by atoms with van der Waals surface area (Å²) in [6, 6.07) is 5.37. The quantitative estimate of drug-likeness (QED) is 0.840. The molecule has 0 atom stereocenters. The summed E-state index contributed by atoms with van der Waals surface area (Å²) in [6.07, 6.45) is -4.48. The Labute approximate surface area is 108 Å². The number of ether oxygens (including phenoxy) is 1. The van der Waals surface area contributed by atoms with Gasteiger partial charge in [0.2, 0.25) is 0 Å². The highest BCUT2D eigenvalue weighted by Gasteiger charge is 2.28. The van der Waals surface area contributed by atoms with Crippen LogP contribution in [0, 0.1) is 13.8 Å². The van der Waals surface area contributed by atoms with Gasteiger partial charge in [0.1, 0.15) is 5.75 Å². The number of carbonyl (C=O) groups excluding carboxylic acids is 1. The second-order valence-electron chi connectivity index (χ2n) is 4.04. The normalized spacial score (nSPS) is 11.2. The molecule has 1 amide bonds. The third-order valence-electron chi connectivity index (χ3n) is 1.99. The summed E-state index contributed by atoms with van der Waals surface area (Å²) in [7, 11) is 0. The average molecular weight is 277 g/mol. The molecule has 4 nitrogen and oxygen atoms in total. The van der Waals surface area contributed by atoms with Crippen LogP contribution in [0.5, 0.6) is 5.75 Å². The smallest absolute Gasteiger partial charge is 0.414 e. The van der Waals surface area contributed by atoms with E-state index in [0.29, 0.717) is 5.75 Å². The average Bonchev–Trinajstić information content (AvgIpc) is 2.23. The van der Waals surface area contributed by atoms with Gasteiger partial charge in [0.05, 0.1) is 0 Å². The Balaban J connectivity index is 2.34. The molecule has 19 heavy (non-hydrogen) atoms. The lowest BCUT2D eigenvalue weighted by Crippen LogP contribution is -2.32. The molecule has 106 valence electrons. The molecule has 0 aliphatic rings. The molecule has 1 aromatic rings. The predicted molar refractivity (Wildman–Crippen MR) is 61.6 cm³/mol. The molecule has 0 radical (unpaired) electrons. The second-order valence-corrected chi connectivity index (χ2v) is 4.04. The number of hydrogen-bond acceptors (Lipinski definition) is 3. The Hall–Kier alpha value is -1.76. The molecular formula is C12H14F3NO3. The Morgan fingerprint density at radius 2 is 1.79 bits per heavy atom. The van der Waals surface area contributed by atoms with Crippen LogP contribution in [0.1, 0.15) is 11.1 Å². The summed E-state index contributed by atoms with van der Waals surface area (Å²) in [5, 5.41) is 0. The molecule has 0 spiro atoms. The van der Waals surface area contributed by atoms with Crippen molar-refractivity contribution < 1.29 is 27.5 Å². The summed E-state index contributed by atoms with van der Waals surface area (Å²) in [6.45, 7) is 1.78. The first kappa shape index (κ1) is 15.3. The molecule has 0 unspecified atom stereocenters. The molecule has 1 aromatic carbocycles. The molecule has 0 bridgehead atoms. The van der Waals surface area contributed by atoms with Crippen molar-refractivity contribution in [3.63, 3.8) is 0 Å². The van der Waals surface area contributed by atoms with Gasteiger partial charge in [-0.3, -0.25) is 9.63 Å². The first-order chi connectivity index (χ1) is 8.76. The number of amides is 1. The van der Waals surface area contributed by atoms with Crippen molar-refractivity contribution in [3.8, 4) is 5.75 Å². The molecule has 0 saturated carbocycles. The zero-order valence-electron chi connectivity index (χ0n) is 10.5. The maximum Gasteiger partial charge on any atom is 0.414 e. The van der Waals surface area contributed by atoms with E-state index in [4.69, 9.17) is 4.74 Å². The second kappa shape index (κ2) is 6.42. The van der Waals surface area contributed by atoms with E-state index in [1.165, 1.54) is 0 Å². The highest BCUT2D eigenvalue weighted by molar-refractivity contribution is 5.76. The van der Waals surface area contributed by atoms with Crippen LogP contribution in [-0.2, 0) is 9.63 Å². The van der Waals surface area contributed by atoms with Gasteiger partial charge < -0.3 is 4.74 Å². The Kier molecular flexibility index (Phi) is 5.17. The number of rotatable bonds is 5. The van der Waals surface area contributed by atoms with Gasteiger partial charge >= 0.3 is 6.18 Å².